The van der Waals surface area contributed by atoms with Gasteiger partial charge in [-0.2, -0.15) is 4.39 Å². The van der Waals surface area contributed by atoms with Gasteiger partial charge >= 0.3 is 0 Å². The van der Waals surface area contributed by atoms with E-state index in [9.17, 15) is 8.78 Å². The third kappa shape index (κ3) is 6.97. The van der Waals surface area contributed by atoms with Crippen LogP contribution in [0, 0.1) is 23.5 Å². The SMILES string of the molecule is C/C=C/CCCCCC(CCC)C1CC=C(c2ccc(OCC)c(F)c2F)CC1. The smallest absolute Gasteiger partial charge is 0.201 e. The van der Waals surface area contributed by atoms with Crippen molar-refractivity contribution in [3.63, 3.8) is 0 Å². The zero-order valence-corrected chi connectivity index (χ0v) is 18.5. The number of allylic oxidation sites excluding steroid dienone is 4. The summed E-state index contributed by atoms with van der Waals surface area (Å²) in [4.78, 5) is 0. The lowest BCUT2D eigenvalue weighted by molar-refractivity contribution is 0.267. The van der Waals surface area contributed by atoms with Gasteiger partial charge in [-0.1, -0.05) is 57.3 Å². The molecule has 1 nitrogen and oxygen atoms in total. The van der Waals surface area contributed by atoms with Gasteiger partial charge in [0.15, 0.2) is 11.6 Å². The topological polar surface area (TPSA) is 9.23 Å². The van der Waals surface area contributed by atoms with E-state index in [0.29, 0.717) is 18.1 Å². The molecule has 0 saturated heterocycles. The molecule has 2 atom stereocenters. The van der Waals surface area contributed by atoms with E-state index in [4.69, 9.17) is 4.74 Å². The number of benzene rings is 1. The molecule has 0 amide bonds. The molecule has 2 unspecified atom stereocenters. The molecule has 29 heavy (non-hydrogen) atoms. The molecule has 0 fully saturated rings. The fourth-order valence-corrected chi connectivity index (χ4v) is 4.57. The molecule has 0 bridgehead atoms. The first-order valence-corrected chi connectivity index (χ1v) is 11.5. The summed E-state index contributed by atoms with van der Waals surface area (Å²) < 4.78 is 33.9. The third-order valence-corrected chi connectivity index (χ3v) is 6.15. The fraction of sp³-hybridized carbons (Fsp3) is 0.615. The first kappa shape index (κ1) is 23.6. The highest BCUT2D eigenvalue weighted by Gasteiger charge is 2.25. The first-order valence-electron chi connectivity index (χ1n) is 11.5. The Bertz CT molecular complexity index is 678. The number of hydrogen-bond donors (Lipinski definition) is 0. The molecule has 0 aromatic heterocycles. The summed E-state index contributed by atoms with van der Waals surface area (Å²) in [6.07, 6.45) is 18.3. The van der Waals surface area contributed by atoms with Crippen molar-refractivity contribution in [1.29, 1.82) is 0 Å². The Kier molecular flexibility index (Phi) is 10.5. The predicted octanol–water partition coefficient (Wildman–Crippen LogP) is 8.49. The van der Waals surface area contributed by atoms with Crippen LogP contribution in [-0.2, 0) is 0 Å². The minimum Gasteiger partial charge on any atom is -0.491 e. The molecule has 1 aliphatic carbocycles. The first-order chi connectivity index (χ1) is 14.1. The zero-order valence-electron chi connectivity index (χ0n) is 18.5. The summed E-state index contributed by atoms with van der Waals surface area (Å²) in [6.45, 7) is 6.44. The summed E-state index contributed by atoms with van der Waals surface area (Å²) in [7, 11) is 0. The number of ether oxygens (including phenoxy) is 1. The predicted molar refractivity (Wildman–Crippen MR) is 119 cm³/mol. The summed E-state index contributed by atoms with van der Waals surface area (Å²) >= 11 is 0. The highest BCUT2D eigenvalue weighted by molar-refractivity contribution is 5.67. The van der Waals surface area contributed by atoms with E-state index < -0.39 is 11.6 Å². The molecule has 0 heterocycles. The van der Waals surface area contributed by atoms with Gasteiger partial charge in [0.1, 0.15) is 0 Å². The fourth-order valence-electron chi connectivity index (χ4n) is 4.57. The van der Waals surface area contributed by atoms with Gasteiger partial charge in [-0.25, -0.2) is 4.39 Å². The van der Waals surface area contributed by atoms with E-state index in [1.807, 2.05) is 0 Å². The Morgan fingerprint density at radius 1 is 1.10 bits per heavy atom. The number of rotatable bonds is 12. The minimum absolute atomic E-state index is 0.000438. The van der Waals surface area contributed by atoms with Crippen LogP contribution in [0.15, 0.2) is 30.4 Å². The maximum atomic E-state index is 14.5. The highest BCUT2D eigenvalue weighted by atomic mass is 19.2. The monoisotopic (exact) mass is 404 g/mol. The van der Waals surface area contributed by atoms with Crippen molar-refractivity contribution in [2.24, 2.45) is 11.8 Å². The van der Waals surface area contributed by atoms with Crippen LogP contribution in [0.4, 0.5) is 8.78 Å². The van der Waals surface area contributed by atoms with Crippen LogP contribution in [0.3, 0.4) is 0 Å². The largest absolute Gasteiger partial charge is 0.491 e. The summed E-state index contributed by atoms with van der Waals surface area (Å²) in [5, 5.41) is 0. The van der Waals surface area contributed by atoms with Gasteiger partial charge in [-0.05, 0) is 75.5 Å². The van der Waals surface area contributed by atoms with Crippen molar-refractivity contribution in [2.45, 2.75) is 85.0 Å². The minimum atomic E-state index is -0.867. The molecular weight excluding hydrogens is 366 g/mol. The summed E-state index contributed by atoms with van der Waals surface area (Å²) in [5.74, 6) is -0.215. The van der Waals surface area contributed by atoms with E-state index in [0.717, 1.165) is 30.8 Å². The van der Waals surface area contributed by atoms with Crippen molar-refractivity contribution in [3.05, 3.63) is 47.6 Å². The average molecular weight is 405 g/mol. The molecule has 162 valence electrons. The van der Waals surface area contributed by atoms with Gasteiger partial charge in [0.05, 0.1) is 6.61 Å². The molecule has 0 spiro atoms. The standard InChI is InChI=1S/C26H38F2O/c1-4-7-8-9-10-11-13-20(12-5-2)21-14-16-22(17-15-21)23-18-19-24(29-6-3)26(28)25(23)27/h4,7,16,18-21H,5-6,8-15,17H2,1-3H3/b7-4+. The second kappa shape index (κ2) is 12.8. The molecule has 1 aliphatic rings. The molecule has 1 aromatic rings. The second-order valence-corrected chi connectivity index (χ2v) is 8.19. The lowest BCUT2D eigenvalue weighted by Crippen LogP contribution is -2.17. The van der Waals surface area contributed by atoms with Crippen LogP contribution in [-0.4, -0.2) is 6.61 Å². The molecule has 2 rings (SSSR count). The van der Waals surface area contributed by atoms with Gasteiger partial charge in [-0.3, -0.25) is 0 Å². The number of hydrogen-bond acceptors (Lipinski definition) is 1. The van der Waals surface area contributed by atoms with Crippen molar-refractivity contribution < 1.29 is 13.5 Å². The quantitative estimate of drug-likeness (QED) is 0.251. The van der Waals surface area contributed by atoms with Crippen LogP contribution in [0.25, 0.3) is 5.57 Å². The molecule has 3 heteroatoms. The van der Waals surface area contributed by atoms with Gasteiger partial charge in [0.25, 0.3) is 0 Å². The maximum absolute atomic E-state index is 14.5. The van der Waals surface area contributed by atoms with Crippen molar-refractivity contribution in [3.8, 4) is 5.75 Å². The normalized spacial score (nSPS) is 18.1. The Balaban J connectivity index is 1.96. The van der Waals surface area contributed by atoms with Crippen molar-refractivity contribution in [1.82, 2.24) is 0 Å². The zero-order chi connectivity index (χ0) is 21.1. The van der Waals surface area contributed by atoms with Crippen LogP contribution < -0.4 is 4.74 Å². The third-order valence-electron chi connectivity index (χ3n) is 6.15. The molecule has 0 aliphatic heterocycles. The second-order valence-electron chi connectivity index (χ2n) is 8.19. The molecular formula is C26H38F2O. The van der Waals surface area contributed by atoms with E-state index in [2.05, 4.69) is 32.1 Å². The van der Waals surface area contributed by atoms with E-state index in [1.165, 1.54) is 44.9 Å². The van der Waals surface area contributed by atoms with Crippen molar-refractivity contribution >= 4 is 5.57 Å². The molecule has 0 N–H and O–H groups in total. The molecule has 1 aromatic carbocycles. The van der Waals surface area contributed by atoms with E-state index in [-0.39, 0.29) is 5.75 Å². The van der Waals surface area contributed by atoms with Gasteiger partial charge in [0, 0.05) is 5.56 Å². The van der Waals surface area contributed by atoms with E-state index in [1.54, 1.807) is 19.1 Å². The van der Waals surface area contributed by atoms with Gasteiger partial charge in [0.2, 0.25) is 5.82 Å². The Morgan fingerprint density at radius 3 is 2.59 bits per heavy atom. The van der Waals surface area contributed by atoms with Crippen molar-refractivity contribution in [2.75, 3.05) is 6.61 Å². The number of unbranched alkanes of at least 4 members (excludes halogenated alkanes) is 3. The van der Waals surface area contributed by atoms with Crippen LogP contribution in [0.1, 0.15) is 90.5 Å². The lowest BCUT2D eigenvalue weighted by atomic mass is 9.75. The van der Waals surface area contributed by atoms with Gasteiger partial charge < -0.3 is 4.74 Å². The lowest BCUT2D eigenvalue weighted by Gasteiger charge is -2.30. The van der Waals surface area contributed by atoms with Crippen LogP contribution >= 0.6 is 0 Å². The average Bonchev–Trinajstić information content (AvgIpc) is 2.74. The Labute approximate surface area is 176 Å². The number of halogens is 2. The van der Waals surface area contributed by atoms with Crippen LogP contribution in [0.5, 0.6) is 5.75 Å². The van der Waals surface area contributed by atoms with E-state index >= 15 is 0 Å². The molecule has 0 saturated carbocycles. The Hall–Kier alpha value is -1.64. The highest BCUT2D eigenvalue weighted by Crippen LogP contribution is 2.39. The summed E-state index contributed by atoms with van der Waals surface area (Å²) in [5.41, 5.74) is 1.35. The molecule has 0 radical (unpaired) electrons. The maximum Gasteiger partial charge on any atom is 0.201 e. The van der Waals surface area contributed by atoms with Crippen LogP contribution in [0.2, 0.25) is 0 Å². The van der Waals surface area contributed by atoms with Gasteiger partial charge in [-0.15, -0.1) is 0 Å². The Morgan fingerprint density at radius 2 is 1.93 bits per heavy atom. The summed E-state index contributed by atoms with van der Waals surface area (Å²) in [6, 6.07) is 3.22.